The molecule has 0 radical (unpaired) electrons. The summed E-state index contributed by atoms with van der Waals surface area (Å²) in [6.45, 7) is 2.70. The summed E-state index contributed by atoms with van der Waals surface area (Å²) in [5.74, 6) is -2.40. The summed E-state index contributed by atoms with van der Waals surface area (Å²) < 4.78 is 32.5. The van der Waals surface area contributed by atoms with Gasteiger partial charge in [-0.2, -0.15) is 0 Å². The summed E-state index contributed by atoms with van der Waals surface area (Å²) in [5.41, 5.74) is 5.30. The molecule has 0 bridgehead atoms. The lowest BCUT2D eigenvalue weighted by molar-refractivity contribution is -0.161. The standard InChI is InChI=1S/C36H66NO10P/c1-3-5-7-9-11-13-15-17-19-21-23-25-27-34(38)44-29-32(30-45-48(42,43)46-31-33(37)36(40)41)47-35(39)28-26-24-22-20-18-16-14-12-10-8-6-4-2/h11-14,32-33H,3-10,15-31,37H2,1-2H3,(H,40,41)(H,42,43)/b13-11-,14-12-/t32-,33+/m1/s1. The van der Waals surface area contributed by atoms with E-state index in [0.29, 0.717) is 12.8 Å². The van der Waals surface area contributed by atoms with Gasteiger partial charge in [0.15, 0.2) is 6.10 Å². The highest BCUT2D eigenvalue weighted by Crippen LogP contribution is 2.43. The number of nitrogens with two attached hydrogens (primary N) is 1. The highest BCUT2D eigenvalue weighted by Gasteiger charge is 2.28. The normalized spacial score (nSPS) is 14.2. The van der Waals surface area contributed by atoms with Gasteiger partial charge in [-0.25, -0.2) is 4.57 Å². The lowest BCUT2D eigenvalue weighted by atomic mass is 10.1. The Kier molecular flexibility index (Phi) is 30.8. The van der Waals surface area contributed by atoms with Crippen LogP contribution in [0.15, 0.2) is 24.3 Å². The first-order chi connectivity index (χ1) is 23.1. The van der Waals surface area contributed by atoms with Crippen LogP contribution in [-0.4, -0.2) is 59.9 Å². The quantitative estimate of drug-likeness (QED) is 0.0253. The topological polar surface area (TPSA) is 172 Å². The smallest absolute Gasteiger partial charge is 0.472 e. The Labute approximate surface area is 290 Å². The Morgan fingerprint density at radius 2 is 1.04 bits per heavy atom. The lowest BCUT2D eigenvalue weighted by Crippen LogP contribution is -2.34. The van der Waals surface area contributed by atoms with E-state index < -0.39 is 51.1 Å². The second-order valence-electron chi connectivity index (χ2n) is 12.3. The first kappa shape index (κ1) is 46.0. The predicted octanol–water partition coefficient (Wildman–Crippen LogP) is 8.72. The fourth-order valence-corrected chi connectivity index (χ4v) is 5.48. The molecule has 0 saturated heterocycles. The van der Waals surface area contributed by atoms with Gasteiger partial charge in [-0.3, -0.25) is 23.4 Å². The first-order valence-electron chi connectivity index (χ1n) is 18.4. The average Bonchev–Trinajstić information content (AvgIpc) is 3.05. The van der Waals surface area contributed by atoms with Crippen LogP contribution in [0.2, 0.25) is 0 Å². The molecule has 3 atom stereocenters. The molecule has 0 aliphatic heterocycles. The first-order valence-corrected chi connectivity index (χ1v) is 19.9. The van der Waals surface area contributed by atoms with E-state index in [2.05, 4.69) is 42.7 Å². The van der Waals surface area contributed by atoms with Gasteiger partial charge in [-0.15, -0.1) is 0 Å². The number of hydrogen-bond donors (Lipinski definition) is 3. The Morgan fingerprint density at radius 1 is 0.625 bits per heavy atom. The molecule has 0 aromatic rings. The minimum atomic E-state index is -4.71. The second kappa shape index (κ2) is 32.2. The minimum Gasteiger partial charge on any atom is -0.480 e. The molecule has 12 heteroatoms. The van der Waals surface area contributed by atoms with Gasteiger partial charge in [-0.05, 0) is 64.2 Å². The number of carboxylic acid groups (broad SMARTS) is 1. The van der Waals surface area contributed by atoms with Crippen molar-refractivity contribution in [3.8, 4) is 0 Å². The second-order valence-corrected chi connectivity index (χ2v) is 13.8. The molecular weight excluding hydrogens is 637 g/mol. The van der Waals surface area contributed by atoms with Gasteiger partial charge in [0, 0.05) is 12.8 Å². The molecule has 280 valence electrons. The van der Waals surface area contributed by atoms with Gasteiger partial charge in [0.25, 0.3) is 0 Å². The minimum absolute atomic E-state index is 0.150. The molecular formula is C36H66NO10P. The number of phosphoric ester groups is 1. The van der Waals surface area contributed by atoms with Gasteiger partial charge < -0.3 is 25.2 Å². The number of rotatable bonds is 34. The number of hydrogen-bond acceptors (Lipinski definition) is 9. The van der Waals surface area contributed by atoms with Crippen molar-refractivity contribution in [1.29, 1.82) is 0 Å². The molecule has 48 heavy (non-hydrogen) atoms. The maximum Gasteiger partial charge on any atom is 0.472 e. The molecule has 0 spiro atoms. The summed E-state index contributed by atoms with van der Waals surface area (Å²) in [5, 5.41) is 8.84. The van der Waals surface area contributed by atoms with Crippen molar-refractivity contribution in [2.24, 2.45) is 5.73 Å². The Bertz CT molecular complexity index is 926. The fourth-order valence-electron chi connectivity index (χ4n) is 4.70. The van der Waals surface area contributed by atoms with Crippen LogP contribution < -0.4 is 5.73 Å². The van der Waals surface area contributed by atoms with Crippen LogP contribution >= 0.6 is 7.82 Å². The maximum atomic E-state index is 12.5. The summed E-state index contributed by atoms with van der Waals surface area (Å²) in [4.78, 5) is 45.6. The van der Waals surface area contributed by atoms with Crippen LogP contribution in [0.5, 0.6) is 0 Å². The summed E-state index contributed by atoms with van der Waals surface area (Å²) >= 11 is 0. The summed E-state index contributed by atoms with van der Waals surface area (Å²) in [6.07, 6.45) is 29.7. The third-order valence-electron chi connectivity index (χ3n) is 7.67. The van der Waals surface area contributed by atoms with Crippen LogP contribution in [0.1, 0.15) is 155 Å². The van der Waals surface area contributed by atoms with Gasteiger partial charge in [0.2, 0.25) is 0 Å². The van der Waals surface area contributed by atoms with E-state index in [4.69, 9.17) is 24.8 Å². The summed E-state index contributed by atoms with van der Waals surface area (Å²) in [7, 11) is -4.71. The van der Waals surface area contributed by atoms with Crippen LogP contribution in [0.25, 0.3) is 0 Å². The van der Waals surface area contributed by atoms with Crippen molar-refractivity contribution < 1.29 is 47.5 Å². The van der Waals surface area contributed by atoms with Gasteiger partial charge in [0.1, 0.15) is 12.6 Å². The van der Waals surface area contributed by atoms with E-state index in [0.717, 1.165) is 77.0 Å². The molecule has 0 aromatic heterocycles. The largest absolute Gasteiger partial charge is 0.480 e. The number of esters is 2. The molecule has 11 nitrogen and oxygen atoms in total. The maximum absolute atomic E-state index is 12.5. The Morgan fingerprint density at radius 3 is 1.52 bits per heavy atom. The molecule has 0 aliphatic rings. The van der Waals surface area contributed by atoms with Crippen molar-refractivity contribution in [2.75, 3.05) is 19.8 Å². The van der Waals surface area contributed by atoms with Gasteiger partial charge >= 0.3 is 25.7 Å². The number of carboxylic acids is 1. The molecule has 0 saturated carbocycles. The zero-order valence-electron chi connectivity index (χ0n) is 29.8. The number of phosphoric acid groups is 1. The van der Waals surface area contributed by atoms with Crippen LogP contribution in [0, 0.1) is 0 Å². The number of carbonyl (C=O) groups is 3. The molecule has 1 unspecified atom stereocenters. The van der Waals surface area contributed by atoms with E-state index >= 15 is 0 Å². The van der Waals surface area contributed by atoms with E-state index in [1.165, 1.54) is 38.5 Å². The van der Waals surface area contributed by atoms with Gasteiger partial charge in [0.05, 0.1) is 13.2 Å². The Balaban J connectivity index is 4.50. The fraction of sp³-hybridized carbons (Fsp3) is 0.806. The van der Waals surface area contributed by atoms with Crippen molar-refractivity contribution in [2.45, 2.75) is 167 Å². The molecule has 4 N–H and O–H groups in total. The molecule has 0 aliphatic carbocycles. The van der Waals surface area contributed by atoms with Crippen LogP contribution in [0.4, 0.5) is 0 Å². The zero-order valence-corrected chi connectivity index (χ0v) is 30.7. The predicted molar refractivity (Wildman–Crippen MR) is 189 cm³/mol. The van der Waals surface area contributed by atoms with E-state index in [9.17, 15) is 23.8 Å². The van der Waals surface area contributed by atoms with Crippen molar-refractivity contribution in [3.63, 3.8) is 0 Å². The molecule has 0 aromatic carbocycles. The molecule has 0 fully saturated rings. The van der Waals surface area contributed by atoms with Crippen LogP contribution in [0.3, 0.4) is 0 Å². The third-order valence-corrected chi connectivity index (χ3v) is 8.62. The molecule has 0 rings (SSSR count). The van der Waals surface area contributed by atoms with E-state index in [1.807, 2.05) is 0 Å². The number of unbranched alkanes of at least 4 members (excludes halogenated alkanes) is 16. The third kappa shape index (κ3) is 31.2. The van der Waals surface area contributed by atoms with Crippen molar-refractivity contribution >= 4 is 25.7 Å². The lowest BCUT2D eigenvalue weighted by Gasteiger charge is -2.20. The SMILES string of the molecule is CCCCC/C=C\CCCCCCCC(=O)OC[C@H](COP(=O)(O)OC[C@H](N)C(=O)O)OC(=O)CCCCCCC/C=C\CCCCC. The van der Waals surface area contributed by atoms with Crippen LogP contribution in [-0.2, 0) is 37.5 Å². The molecule has 0 heterocycles. The van der Waals surface area contributed by atoms with Gasteiger partial charge in [-0.1, -0.05) is 102 Å². The number of allylic oxidation sites excluding steroid dienone is 4. The highest BCUT2D eigenvalue weighted by molar-refractivity contribution is 7.47. The summed E-state index contributed by atoms with van der Waals surface area (Å²) in [6, 6.07) is -1.52. The number of aliphatic carboxylic acids is 1. The number of carbonyl (C=O) groups excluding carboxylic acids is 2. The van der Waals surface area contributed by atoms with E-state index in [-0.39, 0.29) is 19.4 Å². The van der Waals surface area contributed by atoms with Crippen molar-refractivity contribution in [1.82, 2.24) is 0 Å². The monoisotopic (exact) mass is 703 g/mol. The zero-order chi connectivity index (χ0) is 35.7. The van der Waals surface area contributed by atoms with E-state index in [1.54, 1.807) is 0 Å². The highest BCUT2D eigenvalue weighted by atomic mass is 31.2. The number of ether oxygens (including phenoxy) is 2. The van der Waals surface area contributed by atoms with Crippen molar-refractivity contribution in [3.05, 3.63) is 24.3 Å². The Hall–Kier alpha value is -2.04. The average molecular weight is 704 g/mol. The molecule has 0 amide bonds.